The molecule has 0 fully saturated rings. The van der Waals surface area contributed by atoms with Crippen LogP contribution in [0.4, 0.5) is 23.2 Å². The average molecular weight is 285 g/mol. The summed E-state index contributed by atoms with van der Waals surface area (Å²) in [6, 6.07) is 6.24. The van der Waals surface area contributed by atoms with E-state index in [4.69, 9.17) is 0 Å². The fraction of sp³-hybridized carbons (Fsp3) is 0.143. The highest BCUT2D eigenvalue weighted by Gasteiger charge is 2.13. The Hall–Kier alpha value is -2.08. The molecule has 0 aliphatic rings. The Balaban J connectivity index is 2.08. The number of benzene rings is 2. The summed E-state index contributed by atoms with van der Waals surface area (Å²) in [5.41, 5.74) is -0.276. The van der Waals surface area contributed by atoms with Crippen LogP contribution in [0.3, 0.4) is 0 Å². The summed E-state index contributed by atoms with van der Waals surface area (Å²) >= 11 is 0. The van der Waals surface area contributed by atoms with Crippen LogP contribution in [0, 0.1) is 23.3 Å². The molecule has 2 aromatic carbocycles. The number of nitrogens with one attached hydrogen (secondary N) is 1. The Morgan fingerprint density at radius 2 is 1.55 bits per heavy atom. The summed E-state index contributed by atoms with van der Waals surface area (Å²) in [5, 5.41) is 12.2. The molecule has 2 aromatic rings. The number of hydrogen-bond acceptors (Lipinski definition) is 2. The minimum absolute atomic E-state index is 0.105. The van der Waals surface area contributed by atoms with Gasteiger partial charge >= 0.3 is 0 Å². The Morgan fingerprint density at radius 1 is 0.900 bits per heavy atom. The molecule has 1 atom stereocenters. The topological polar surface area (TPSA) is 32.3 Å². The van der Waals surface area contributed by atoms with Crippen LogP contribution >= 0.6 is 0 Å². The number of aliphatic hydroxyl groups excluding tert-OH is 1. The molecule has 106 valence electrons. The van der Waals surface area contributed by atoms with Crippen molar-refractivity contribution in [2.45, 2.75) is 6.10 Å². The molecule has 0 aromatic heterocycles. The Labute approximate surface area is 112 Å². The van der Waals surface area contributed by atoms with E-state index in [0.29, 0.717) is 0 Å². The zero-order valence-corrected chi connectivity index (χ0v) is 10.2. The Bertz CT molecular complexity index is 598. The Morgan fingerprint density at radius 3 is 2.15 bits per heavy atom. The van der Waals surface area contributed by atoms with Crippen LogP contribution in [0.1, 0.15) is 11.7 Å². The highest BCUT2D eigenvalue weighted by molar-refractivity contribution is 5.46. The number of para-hydroxylation sites is 1. The molecule has 0 saturated heterocycles. The molecular weight excluding hydrogens is 274 g/mol. The zero-order valence-electron chi connectivity index (χ0n) is 10.2. The molecule has 2 N–H and O–H groups in total. The predicted molar refractivity (Wildman–Crippen MR) is 66.2 cm³/mol. The molecule has 6 heteroatoms. The van der Waals surface area contributed by atoms with Crippen LogP contribution in [-0.4, -0.2) is 11.7 Å². The van der Waals surface area contributed by atoms with Crippen molar-refractivity contribution in [2.75, 3.05) is 11.9 Å². The first-order valence-corrected chi connectivity index (χ1v) is 5.80. The maximum absolute atomic E-state index is 13.3. The number of aliphatic hydroxyl groups is 1. The van der Waals surface area contributed by atoms with E-state index in [9.17, 15) is 22.7 Å². The van der Waals surface area contributed by atoms with Gasteiger partial charge in [0.15, 0.2) is 11.6 Å². The first-order valence-electron chi connectivity index (χ1n) is 5.80. The lowest BCUT2D eigenvalue weighted by Crippen LogP contribution is -2.14. The van der Waals surface area contributed by atoms with E-state index in [2.05, 4.69) is 5.32 Å². The van der Waals surface area contributed by atoms with Crippen LogP contribution in [0.2, 0.25) is 0 Å². The zero-order chi connectivity index (χ0) is 14.7. The van der Waals surface area contributed by atoms with Gasteiger partial charge in [-0.2, -0.15) is 0 Å². The van der Waals surface area contributed by atoms with Crippen LogP contribution < -0.4 is 5.32 Å². The lowest BCUT2D eigenvalue weighted by Gasteiger charge is -2.14. The minimum atomic E-state index is -1.23. The number of rotatable bonds is 4. The number of halogens is 4. The van der Waals surface area contributed by atoms with Crippen molar-refractivity contribution in [3.63, 3.8) is 0 Å². The number of anilines is 1. The highest BCUT2D eigenvalue weighted by Crippen LogP contribution is 2.21. The van der Waals surface area contributed by atoms with E-state index in [1.165, 1.54) is 12.1 Å². The third kappa shape index (κ3) is 3.08. The quantitative estimate of drug-likeness (QED) is 0.844. The summed E-state index contributed by atoms with van der Waals surface area (Å²) in [6.45, 7) is -0.247. The van der Waals surface area contributed by atoms with E-state index < -0.39 is 29.4 Å². The molecule has 20 heavy (non-hydrogen) atoms. The average Bonchev–Trinajstić information content (AvgIpc) is 2.41. The van der Waals surface area contributed by atoms with Crippen molar-refractivity contribution in [2.24, 2.45) is 0 Å². The van der Waals surface area contributed by atoms with Gasteiger partial charge in [0.2, 0.25) is 0 Å². The third-order valence-corrected chi connectivity index (χ3v) is 2.76. The lowest BCUT2D eigenvalue weighted by molar-refractivity contribution is 0.190. The monoisotopic (exact) mass is 285 g/mol. The molecule has 0 aliphatic carbocycles. The SMILES string of the molecule is OC(CNc1c(F)cccc1F)c1ccc(F)c(F)c1. The van der Waals surface area contributed by atoms with Crippen molar-refractivity contribution < 1.29 is 22.7 Å². The van der Waals surface area contributed by atoms with E-state index in [1.54, 1.807) is 0 Å². The molecule has 0 saturated carbocycles. The molecule has 0 amide bonds. The molecular formula is C14H11F4NO. The first kappa shape index (κ1) is 14.3. The van der Waals surface area contributed by atoms with Crippen molar-refractivity contribution in [1.82, 2.24) is 0 Å². The largest absolute Gasteiger partial charge is 0.387 e. The van der Waals surface area contributed by atoms with E-state index in [1.807, 2.05) is 0 Å². The summed E-state index contributed by atoms with van der Waals surface area (Å²) < 4.78 is 52.4. The molecule has 0 radical (unpaired) electrons. The van der Waals surface area contributed by atoms with Gasteiger partial charge in [-0.1, -0.05) is 12.1 Å². The highest BCUT2D eigenvalue weighted by atomic mass is 19.2. The molecule has 0 bridgehead atoms. The van der Waals surface area contributed by atoms with Crippen LogP contribution in [0.5, 0.6) is 0 Å². The third-order valence-electron chi connectivity index (χ3n) is 2.76. The van der Waals surface area contributed by atoms with E-state index in [-0.39, 0.29) is 17.8 Å². The summed E-state index contributed by atoms with van der Waals surface area (Å²) in [5.74, 6) is -3.74. The fourth-order valence-corrected chi connectivity index (χ4v) is 1.70. The summed E-state index contributed by atoms with van der Waals surface area (Å²) in [6.07, 6.45) is -1.23. The van der Waals surface area contributed by atoms with Gasteiger partial charge < -0.3 is 10.4 Å². The maximum Gasteiger partial charge on any atom is 0.159 e. The van der Waals surface area contributed by atoms with Gasteiger partial charge in [-0.15, -0.1) is 0 Å². The van der Waals surface area contributed by atoms with Gasteiger partial charge in [-0.25, -0.2) is 17.6 Å². The first-order chi connectivity index (χ1) is 9.49. The van der Waals surface area contributed by atoms with Crippen LogP contribution in [0.15, 0.2) is 36.4 Å². The van der Waals surface area contributed by atoms with Crippen molar-refractivity contribution in [1.29, 1.82) is 0 Å². The summed E-state index contributed by atoms with van der Waals surface area (Å²) in [7, 11) is 0. The fourth-order valence-electron chi connectivity index (χ4n) is 1.70. The normalized spacial score (nSPS) is 12.2. The smallest absolute Gasteiger partial charge is 0.159 e. The van der Waals surface area contributed by atoms with Crippen LogP contribution in [-0.2, 0) is 0 Å². The van der Waals surface area contributed by atoms with Gasteiger partial charge in [0.25, 0.3) is 0 Å². The second-order valence-corrected chi connectivity index (χ2v) is 4.17. The molecule has 2 rings (SSSR count). The standard InChI is InChI=1S/C14H11F4NO/c15-9-5-4-8(6-12(9)18)13(20)7-19-14-10(16)2-1-3-11(14)17/h1-6,13,19-20H,7H2. The van der Waals surface area contributed by atoms with Gasteiger partial charge in [0.05, 0.1) is 6.10 Å². The van der Waals surface area contributed by atoms with E-state index >= 15 is 0 Å². The van der Waals surface area contributed by atoms with Gasteiger partial charge in [-0.05, 0) is 29.8 Å². The lowest BCUT2D eigenvalue weighted by atomic mass is 10.1. The second kappa shape index (κ2) is 5.92. The van der Waals surface area contributed by atoms with Gasteiger partial charge in [0.1, 0.15) is 17.3 Å². The number of hydrogen-bond donors (Lipinski definition) is 2. The maximum atomic E-state index is 13.3. The molecule has 0 aliphatic heterocycles. The summed E-state index contributed by atoms with van der Waals surface area (Å²) in [4.78, 5) is 0. The van der Waals surface area contributed by atoms with E-state index in [0.717, 1.165) is 24.3 Å². The van der Waals surface area contributed by atoms with Crippen molar-refractivity contribution in [3.8, 4) is 0 Å². The van der Waals surface area contributed by atoms with Crippen molar-refractivity contribution >= 4 is 5.69 Å². The molecule has 2 nitrogen and oxygen atoms in total. The molecule has 1 unspecified atom stereocenters. The van der Waals surface area contributed by atoms with Gasteiger partial charge in [-0.3, -0.25) is 0 Å². The second-order valence-electron chi connectivity index (χ2n) is 4.17. The minimum Gasteiger partial charge on any atom is -0.387 e. The Kier molecular flexibility index (Phi) is 4.24. The van der Waals surface area contributed by atoms with Crippen molar-refractivity contribution in [3.05, 3.63) is 65.2 Å². The van der Waals surface area contributed by atoms with Crippen LogP contribution in [0.25, 0.3) is 0 Å². The van der Waals surface area contributed by atoms with Gasteiger partial charge in [0, 0.05) is 6.54 Å². The predicted octanol–water partition coefficient (Wildman–Crippen LogP) is 3.39. The molecule has 0 heterocycles. The molecule has 0 spiro atoms.